The Morgan fingerprint density at radius 2 is 2.18 bits per heavy atom. The minimum Gasteiger partial charge on any atom is -0.389 e. The van der Waals surface area contributed by atoms with Crippen LogP contribution >= 0.6 is 12.2 Å². The van der Waals surface area contributed by atoms with E-state index in [-0.39, 0.29) is 5.54 Å². The van der Waals surface area contributed by atoms with E-state index in [2.05, 4.69) is 34.3 Å². The van der Waals surface area contributed by atoms with Crippen molar-refractivity contribution in [2.45, 2.75) is 19.4 Å². The number of hydrogen-bond acceptors (Lipinski definition) is 5. The topological polar surface area (TPSA) is 67.1 Å². The molecule has 0 aliphatic rings. The van der Waals surface area contributed by atoms with E-state index in [1.165, 1.54) is 0 Å². The molecule has 3 N–H and O–H groups in total. The number of thiocarbonyl (C=S) groups is 1. The molecule has 0 bridgehead atoms. The first kappa shape index (κ1) is 13.8. The Bertz CT molecular complexity index is 403. The molecule has 0 atom stereocenters. The summed E-state index contributed by atoms with van der Waals surface area (Å²) in [4.78, 5) is 2.46. The number of likely N-dealkylation sites (N-methyl/N-ethyl adjacent to an activating group) is 1. The van der Waals surface area contributed by atoms with Crippen LogP contribution in [-0.4, -0.2) is 46.3 Å². The van der Waals surface area contributed by atoms with E-state index in [4.69, 9.17) is 18.0 Å². The summed E-state index contributed by atoms with van der Waals surface area (Å²) in [7, 11) is 4.07. The van der Waals surface area contributed by atoms with Gasteiger partial charge in [0.2, 0.25) is 0 Å². The smallest absolute Gasteiger partial charge is 0.159 e. The second-order valence-corrected chi connectivity index (χ2v) is 5.16. The zero-order valence-corrected chi connectivity index (χ0v) is 11.5. The Kier molecular flexibility index (Phi) is 4.36. The maximum Gasteiger partial charge on any atom is 0.159 e. The third-order valence-electron chi connectivity index (χ3n) is 2.89. The highest BCUT2D eigenvalue weighted by atomic mass is 32.1. The normalized spacial score (nSPS) is 11.6. The van der Waals surface area contributed by atoms with E-state index < -0.39 is 0 Å². The van der Waals surface area contributed by atoms with Crippen molar-refractivity contribution in [1.82, 2.24) is 15.1 Å². The maximum absolute atomic E-state index is 5.63. The quantitative estimate of drug-likeness (QED) is 0.759. The van der Waals surface area contributed by atoms with Crippen LogP contribution in [0.25, 0.3) is 0 Å². The van der Waals surface area contributed by atoms with E-state index in [1.54, 1.807) is 12.3 Å². The molecule has 0 unspecified atom stereocenters. The highest BCUT2D eigenvalue weighted by Gasteiger charge is 2.20. The molecule has 0 amide bonds. The lowest BCUT2D eigenvalue weighted by atomic mass is 10.0. The maximum atomic E-state index is 5.63. The van der Waals surface area contributed by atoms with Gasteiger partial charge in [0.05, 0.1) is 11.8 Å². The number of aromatic nitrogens is 2. The molecule has 17 heavy (non-hydrogen) atoms. The number of nitrogens with zero attached hydrogens (tertiary/aromatic N) is 3. The van der Waals surface area contributed by atoms with Crippen molar-refractivity contribution < 1.29 is 0 Å². The second kappa shape index (κ2) is 5.37. The van der Waals surface area contributed by atoms with Gasteiger partial charge in [-0.15, -0.1) is 5.10 Å². The number of nitrogens with two attached hydrogens (primary N) is 1. The average molecular weight is 253 g/mol. The molecular formula is C11H19N5S. The molecule has 1 rings (SSSR count). The van der Waals surface area contributed by atoms with E-state index in [1.807, 2.05) is 14.1 Å². The molecule has 1 aromatic heterocycles. The Hall–Kier alpha value is -1.27. The summed E-state index contributed by atoms with van der Waals surface area (Å²) in [5.74, 6) is 0.634. The van der Waals surface area contributed by atoms with Crippen molar-refractivity contribution in [3.8, 4) is 0 Å². The van der Waals surface area contributed by atoms with Gasteiger partial charge in [0.25, 0.3) is 0 Å². The number of hydrogen-bond donors (Lipinski definition) is 2. The lowest BCUT2D eigenvalue weighted by Crippen LogP contribution is -2.44. The van der Waals surface area contributed by atoms with Gasteiger partial charge in [-0.1, -0.05) is 12.2 Å². The fourth-order valence-corrected chi connectivity index (χ4v) is 1.28. The first-order valence-electron chi connectivity index (χ1n) is 5.37. The van der Waals surface area contributed by atoms with E-state index in [9.17, 15) is 0 Å². The minimum atomic E-state index is 0.00497. The number of nitrogens with one attached hydrogen (secondary N) is 1. The van der Waals surface area contributed by atoms with Crippen LogP contribution in [0.3, 0.4) is 0 Å². The molecule has 0 radical (unpaired) electrons. The summed E-state index contributed by atoms with van der Waals surface area (Å²) in [6.07, 6.45) is 1.58. The summed E-state index contributed by atoms with van der Waals surface area (Å²) >= 11 is 4.97. The molecule has 1 aromatic rings. The Balaban J connectivity index is 2.79. The van der Waals surface area contributed by atoms with Crippen LogP contribution in [0.2, 0.25) is 0 Å². The van der Waals surface area contributed by atoms with Gasteiger partial charge >= 0.3 is 0 Å². The molecule has 0 aromatic carbocycles. The summed E-state index contributed by atoms with van der Waals surface area (Å²) in [5, 5.41) is 11.1. The molecular weight excluding hydrogens is 234 g/mol. The molecule has 6 heteroatoms. The van der Waals surface area contributed by atoms with Crippen LogP contribution in [0, 0.1) is 0 Å². The van der Waals surface area contributed by atoms with Gasteiger partial charge in [0.1, 0.15) is 4.99 Å². The highest BCUT2D eigenvalue weighted by molar-refractivity contribution is 7.80. The fourth-order valence-electron chi connectivity index (χ4n) is 1.12. The SMILES string of the molecule is CN(C)C(C)(C)CNc1nnccc1C(N)=S. The molecule has 5 nitrogen and oxygen atoms in total. The first-order valence-corrected chi connectivity index (χ1v) is 5.78. The highest BCUT2D eigenvalue weighted by Crippen LogP contribution is 2.14. The van der Waals surface area contributed by atoms with Crippen molar-refractivity contribution in [2.24, 2.45) is 5.73 Å². The van der Waals surface area contributed by atoms with Crippen molar-refractivity contribution in [3.05, 3.63) is 17.8 Å². The Labute approximate surface area is 107 Å². The first-order chi connectivity index (χ1) is 7.84. The average Bonchev–Trinajstić information content (AvgIpc) is 2.26. The zero-order valence-electron chi connectivity index (χ0n) is 10.7. The lowest BCUT2D eigenvalue weighted by Gasteiger charge is -2.32. The van der Waals surface area contributed by atoms with Crippen LogP contribution in [-0.2, 0) is 0 Å². The third kappa shape index (κ3) is 3.61. The lowest BCUT2D eigenvalue weighted by molar-refractivity contribution is 0.210. The summed E-state index contributed by atoms with van der Waals surface area (Å²) < 4.78 is 0. The van der Waals surface area contributed by atoms with Gasteiger partial charge in [-0.25, -0.2) is 0 Å². The van der Waals surface area contributed by atoms with Gasteiger partial charge in [-0.3, -0.25) is 0 Å². The molecule has 1 heterocycles. The molecule has 0 spiro atoms. The van der Waals surface area contributed by atoms with Crippen molar-refractivity contribution in [3.63, 3.8) is 0 Å². The molecule has 0 saturated carbocycles. The Morgan fingerprint density at radius 1 is 1.53 bits per heavy atom. The predicted octanol–water partition coefficient (Wildman–Crippen LogP) is 0.863. The van der Waals surface area contributed by atoms with Gasteiger partial charge in [-0.05, 0) is 34.0 Å². The summed E-state index contributed by atoms with van der Waals surface area (Å²) in [6, 6.07) is 1.76. The van der Waals surface area contributed by atoms with E-state index in [0.29, 0.717) is 10.8 Å². The molecule has 0 aliphatic heterocycles. The van der Waals surface area contributed by atoms with Crippen LogP contribution in [0.5, 0.6) is 0 Å². The Morgan fingerprint density at radius 3 is 2.71 bits per heavy atom. The van der Waals surface area contributed by atoms with Crippen LogP contribution in [0.1, 0.15) is 19.4 Å². The van der Waals surface area contributed by atoms with E-state index >= 15 is 0 Å². The molecule has 0 saturated heterocycles. The van der Waals surface area contributed by atoms with Crippen LogP contribution in [0.15, 0.2) is 12.3 Å². The zero-order chi connectivity index (χ0) is 13.1. The van der Waals surface area contributed by atoms with Crippen LogP contribution in [0.4, 0.5) is 5.82 Å². The minimum absolute atomic E-state index is 0.00497. The van der Waals surface area contributed by atoms with Crippen molar-refractivity contribution >= 4 is 23.0 Å². The van der Waals surface area contributed by atoms with Gasteiger partial charge in [-0.2, -0.15) is 5.10 Å². The third-order valence-corrected chi connectivity index (χ3v) is 3.11. The second-order valence-electron chi connectivity index (χ2n) is 4.72. The number of anilines is 1. The molecule has 0 aliphatic carbocycles. The van der Waals surface area contributed by atoms with Crippen molar-refractivity contribution in [2.75, 3.05) is 26.0 Å². The number of rotatable bonds is 5. The largest absolute Gasteiger partial charge is 0.389 e. The van der Waals surface area contributed by atoms with Crippen molar-refractivity contribution in [1.29, 1.82) is 0 Å². The van der Waals surface area contributed by atoms with E-state index in [0.717, 1.165) is 12.1 Å². The predicted molar refractivity (Wildman–Crippen MR) is 74.2 cm³/mol. The summed E-state index contributed by atoms with van der Waals surface area (Å²) in [6.45, 7) is 5.00. The standard InChI is InChI=1S/C11H19N5S/c1-11(2,16(3)4)7-13-10-8(9(12)17)5-6-14-15-10/h5-6H,7H2,1-4H3,(H2,12,17)(H,13,15). The summed E-state index contributed by atoms with van der Waals surface area (Å²) in [5.41, 5.74) is 6.36. The molecule has 94 valence electrons. The monoisotopic (exact) mass is 253 g/mol. The van der Waals surface area contributed by atoms with Crippen LogP contribution < -0.4 is 11.1 Å². The molecule has 0 fully saturated rings. The fraction of sp³-hybridized carbons (Fsp3) is 0.545. The van der Waals surface area contributed by atoms with Gasteiger partial charge in [0.15, 0.2) is 5.82 Å². The van der Waals surface area contributed by atoms with Gasteiger partial charge in [0, 0.05) is 12.1 Å². The van der Waals surface area contributed by atoms with Gasteiger partial charge < -0.3 is 16.0 Å².